The molecule has 0 aliphatic heterocycles. The van der Waals surface area contributed by atoms with Crippen LogP contribution in [0.5, 0.6) is 11.5 Å². The van der Waals surface area contributed by atoms with Crippen LogP contribution in [0.1, 0.15) is 12.5 Å². The minimum Gasteiger partial charge on any atom is -0.493 e. The van der Waals surface area contributed by atoms with Crippen molar-refractivity contribution in [2.24, 2.45) is 5.16 Å². The molecule has 0 fully saturated rings. The fourth-order valence-corrected chi connectivity index (χ4v) is 1.32. The number of hydrogen-bond donors (Lipinski definition) is 1. The summed E-state index contributed by atoms with van der Waals surface area (Å²) in [6, 6.07) is 5.29. The molecule has 1 aromatic rings. The lowest BCUT2D eigenvalue weighted by atomic mass is 10.1. The Balaban J connectivity index is 2.93. The van der Waals surface area contributed by atoms with Gasteiger partial charge in [-0.3, -0.25) is 0 Å². The Bertz CT molecular complexity index is 430. The second-order valence-corrected chi connectivity index (χ2v) is 3.48. The van der Waals surface area contributed by atoms with E-state index in [1.807, 2.05) is 0 Å². The molecule has 1 rings (SSSR count). The summed E-state index contributed by atoms with van der Waals surface area (Å²) in [5.74, 6) is 1.19. The summed E-state index contributed by atoms with van der Waals surface area (Å²) < 4.78 is 10.6. The minimum absolute atomic E-state index is 0.367. The van der Waals surface area contributed by atoms with E-state index in [-0.39, 0.29) is 0 Å². The summed E-state index contributed by atoms with van der Waals surface area (Å²) in [4.78, 5) is 0. The largest absolute Gasteiger partial charge is 0.493 e. The van der Waals surface area contributed by atoms with E-state index in [0.717, 1.165) is 5.56 Å². The average Bonchev–Trinajstić information content (AvgIpc) is 2.38. The molecule has 17 heavy (non-hydrogen) atoms. The summed E-state index contributed by atoms with van der Waals surface area (Å²) in [6.07, 6.45) is 1.68. The van der Waals surface area contributed by atoms with Gasteiger partial charge < -0.3 is 14.7 Å². The molecular formula is C12H14ClNO3. The maximum atomic E-state index is 8.69. The summed E-state index contributed by atoms with van der Waals surface area (Å²) in [5, 5.41) is 11.8. The van der Waals surface area contributed by atoms with Crippen molar-refractivity contribution in [2.45, 2.75) is 6.92 Å². The Morgan fingerprint density at radius 2 is 2.24 bits per heavy atom. The molecular weight excluding hydrogens is 242 g/mol. The lowest BCUT2D eigenvalue weighted by molar-refractivity contribution is 0.318. The van der Waals surface area contributed by atoms with Crippen LogP contribution >= 0.6 is 11.6 Å². The Morgan fingerprint density at radius 3 is 2.82 bits per heavy atom. The van der Waals surface area contributed by atoms with Crippen LogP contribution in [0.25, 0.3) is 0 Å². The van der Waals surface area contributed by atoms with Crippen molar-refractivity contribution in [3.8, 4) is 11.5 Å². The molecule has 4 nitrogen and oxygen atoms in total. The number of ether oxygens (including phenoxy) is 2. The van der Waals surface area contributed by atoms with E-state index in [2.05, 4.69) is 5.16 Å². The van der Waals surface area contributed by atoms with Gasteiger partial charge in [0.2, 0.25) is 0 Å². The maximum absolute atomic E-state index is 8.69. The molecule has 0 radical (unpaired) electrons. The van der Waals surface area contributed by atoms with E-state index < -0.39 is 0 Å². The van der Waals surface area contributed by atoms with E-state index in [1.54, 1.807) is 38.3 Å². The number of benzene rings is 1. The van der Waals surface area contributed by atoms with Gasteiger partial charge in [-0.2, -0.15) is 0 Å². The highest BCUT2D eigenvalue weighted by molar-refractivity contribution is 6.25. The zero-order valence-electron chi connectivity index (χ0n) is 9.68. The van der Waals surface area contributed by atoms with Gasteiger partial charge in [0, 0.05) is 11.1 Å². The predicted molar refractivity (Wildman–Crippen MR) is 67.5 cm³/mol. The first-order valence-electron chi connectivity index (χ1n) is 4.98. The third-order valence-corrected chi connectivity index (χ3v) is 2.33. The fraction of sp³-hybridized carbons (Fsp3) is 0.250. The van der Waals surface area contributed by atoms with Crippen molar-refractivity contribution in [3.63, 3.8) is 0 Å². The highest BCUT2D eigenvalue weighted by atomic mass is 35.5. The number of oxime groups is 1. The lowest BCUT2D eigenvalue weighted by Gasteiger charge is -2.10. The van der Waals surface area contributed by atoms with Crippen LogP contribution in [0.3, 0.4) is 0 Å². The monoisotopic (exact) mass is 255 g/mol. The fourth-order valence-electron chi connectivity index (χ4n) is 1.24. The van der Waals surface area contributed by atoms with Crippen LogP contribution in [0.4, 0.5) is 0 Å². The first-order valence-corrected chi connectivity index (χ1v) is 5.41. The summed E-state index contributed by atoms with van der Waals surface area (Å²) in [5.41, 5.74) is 2.67. The van der Waals surface area contributed by atoms with Crippen LogP contribution in [0, 0.1) is 0 Å². The number of halogens is 1. The van der Waals surface area contributed by atoms with Crippen LogP contribution in [-0.4, -0.2) is 24.6 Å². The molecule has 0 unspecified atom stereocenters. The Hall–Kier alpha value is -1.68. The third-order valence-electron chi connectivity index (χ3n) is 2.16. The first kappa shape index (κ1) is 13.4. The average molecular weight is 256 g/mol. The van der Waals surface area contributed by atoms with Crippen molar-refractivity contribution in [3.05, 3.63) is 35.4 Å². The third kappa shape index (κ3) is 3.67. The lowest BCUT2D eigenvalue weighted by Crippen LogP contribution is -1.99. The van der Waals surface area contributed by atoms with E-state index in [0.29, 0.717) is 23.8 Å². The number of methoxy groups -OCH3 is 1. The molecule has 0 saturated heterocycles. The van der Waals surface area contributed by atoms with Gasteiger partial charge in [-0.25, -0.2) is 0 Å². The molecule has 0 spiro atoms. The Labute approximate surface area is 105 Å². The van der Waals surface area contributed by atoms with Crippen molar-refractivity contribution in [2.75, 3.05) is 13.7 Å². The van der Waals surface area contributed by atoms with Crippen LogP contribution in [0.15, 0.2) is 35.0 Å². The van der Waals surface area contributed by atoms with Crippen molar-refractivity contribution < 1.29 is 14.7 Å². The molecule has 92 valence electrons. The van der Waals surface area contributed by atoms with E-state index >= 15 is 0 Å². The number of nitrogens with zero attached hydrogens (tertiary/aromatic N) is 1. The highest BCUT2D eigenvalue weighted by Gasteiger charge is 2.07. The van der Waals surface area contributed by atoms with E-state index in [9.17, 15) is 0 Å². The molecule has 1 aromatic carbocycles. The second-order valence-electron chi connectivity index (χ2n) is 3.22. The van der Waals surface area contributed by atoms with E-state index in [4.69, 9.17) is 26.3 Å². The predicted octanol–water partition coefficient (Wildman–Crippen LogP) is 3.02. The molecule has 0 saturated carbocycles. The molecule has 0 bridgehead atoms. The second kappa shape index (κ2) is 6.81. The van der Waals surface area contributed by atoms with Gasteiger partial charge in [0.25, 0.3) is 0 Å². The molecule has 0 atom stereocenters. The number of hydrogen-bond acceptors (Lipinski definition) is 4. The van der Waals surface area contributed by atoms with Crippen molar-refractivity contribution in [1.29, 1.82) is 0 Å². The quantitative estimate of drug-likeness (QED) is 0.500. The molecule has 5 heteroatoms. The summed E-state index contributed by atoms with van der Waals surface area (Å²) in [7, 11) is 1.55. The van der Waals surface area contributed by atoms with Gasteiger partial charge in [0.05, 0.1) is 12.8 Å². The molecule has 1 N–H and O–H groups in total. The van der Waals surface area contributed by atoms with E-state index in [1.165, 1.54) is 5.54 Å². The SMILES string of the molecule is COc1cc(/C(C)=N/O)ccc1OC/C=C/Cl. The Kier molecular flexibility index (Phi) is 5.36. The Morgan fingerprint density at radius 1 is 1.47 bits per heavy atom. The van der Waals surface area contributed by atoms with Crippen molar-refractivity contribution >= 4 is 17.3 Å². The first-order chi connectivity index (χ1) is 8.22. The van der Waals surface area contributed by atoms with Gasteiger partial charge in [-0.05, 0) is 31.2 Å². The highest BCUT2D eigenvalue weighted by Crippen LogP contribution is 2.28. The molecule has 0 amide bonds. The molecule has 0 heterocycles. The minimum atomic E-state index is 0.367. The van der Waals surface area contributed by atoms with Crippen LogP contribution < -0.4 is 9.47 Å². The molecule has 0 aliphatic carbocycles. The standard InChI is InChI=1S/C12H14ClNO3/c1-9(14-15)10-4-5-11(12(8-10)16-2)17-7-3-6-13/h3-6,8,15H,7H2,1-2H3/b6-3+,14-9+. The topological polar surface area (TPSA) is 51.0 Å². The number of rotatable bonds is 5. The summed E-state index contributed by atoms with van der Waals surface area (Å²) >= 11 is 5.39. The zero-order chi connectivity index (χ0) is 12.7. The van der Waals surface area contributed by atoms with Gasteiger partial charge in [-0.1, -0.05) is 16.8 Å². The molecule has 0 aromatic heterocycles. The van der Waals surface area contributed by atoms with Gasteiger partial charge in [0.15, 0.2) is 11.5 Å². The van der Waals surface area contributed by atoms with Crippen LogP contribution in [0.2, 0.25) is 0 Å². The van der Waals surface area contributed by atoms with Crippen molar-refractivity contribution in [1.82, 2.24) is 0 Å². The smallest absolute Gasteiger partial charge is 0.161 e. The van der Waals surface area contributed by atoms with Crippen LogP contribution in [-0.2, 0) is 0 Å². The normalized spacial score (nSPS) is 11.8. The maximum Gasteiger partial charge on any atom is 0.161 e. The zero-order valence-corrected chi connectivity index (χ0v) is 10.4. The van der Waals surface area contributed by atoms with Gasteiger partial charge >= 0.3 is 0 Å². The van der Waals surface area contributed by atoms with Gasteiger partial charge in [-0.15, -0.1) is 0 Å². The molecule has 0 aliphatic rings. The summed E-state index contributed by atoms with van der Waals surface area (Å²) in [6.45, 7) is 2.07. The van der Waals surface area contributed by atoms with Gasteiger partial charge in [0.1, 0.15) is 6.61 Å².